The first-order chi connectivity index (χ1) is 34.1. The van der Waals surface area contributed by atoms with Crippen LogP contribution in [-0.2, 0) is 52.8 Å². The summed E-state index contributed by atoms with van der Waals surface area (Å²) in [4.78, 5) is 100.0. The number of nitrogens with one attached hydrogen (secondary N) is 8. The standard InChI is InChI=1S/C49H68N10O10S2/c1-29(61)42(49(69)58-40(27-70)44(64)53-26-33(62)19-21-60)59-45(65)37(18-10-11-20-50)54-47(67)39(24-32-25-52-36-17-9-8-16-34(32)36)56-46(66)38(23-31-14-6-3-7-15-31)55-48(68)41(28-71)57-43(63)35(51)22-30-12-4-2-5-13-30/h2-9,12-17,25,29,33,35,37-42,52,60-62,70-71H,10-11,18-24,26-28,50-51H2,1H3,(H,53,64)(H,54,67)(H,55,68)(H,56,66)(H,57,63)(H,58,69)(H,59,65)/t29-,33-,35+,37+,38-,39-,40+,41-,42+/m1/s1. The van der Waals surface area contributed by atoms with Gasteiger partial charge in [0.25, 0.3) is 0 Å². The summed E-state index contributed by atoms with van der Waals surface area (Å²) in [7, 11) is 0. The van der Waals surface area contributed by atoms with Gasteiger partial charge in [0.05, 0.1) is 18.2 Å². The van der Waals surface area contributed by atoms with Crippen molar-refractivity contribution in [2.75, 3.05) is 31.2 Å². The predicted octanol–water partition coefficient (Wildman–Crippen LogP) is -1.34. The molecular weight excluding hydrogens is 953 g/mol. The van der Waals surface area contributed by atoms with E-state index in [0.29, 0.717) is 24.0 Å². The summed E-state index contributed by atoms with van der Waals surface area (Å²) in [6, 6.07) is 16.2. The predicted molar refractivity (Wildman–Crippen MR) is 275 cm³/mol. The van der Waals surface area contributed by atoms with Crippen LogP contribution in [0.4, 0.5) is 0 Å². The molecule has 0 spiro atoms. The first-order valence-electron chi connectivity index (χ1n) is 23.5. The van der Waals surface area contributed by atoms with E-state index in [0.717, 1.165) is 16.5 Å². The second-order valence-corrected chi connectivity index (χ2v) is 17.9. The van der Waals surface area contributed by atoms with E-state index in [9.17, 15) is 43.8 Å². The van der Waals surface area contributed by atoms with E-state index in [1.54, 1.807) is 36.5 Å². The van der Waals surface area contributed by atoms with Crippen molar-refractivity contribution in [1.82, 2.24) is 42.2 Å². The number of thiol groups is 2. The molecule has 4 aromatic rings. The number of H-pyrrole nitrogens is 1. The minimum absolute atomic E-state index is 0.00621. The van der Waals surface area contributed by atoms with Gasteiger partial charge in [0.1, 0.15) is 36.3 Å². The quantitative estimate of drug-likeness (QED) is 0.0213. The highest BCUT2D eigenvalue weighted by Gasteiger charge is 2.35. The number of unbranched alkanes of at least 4 members (excludes halogenated alkanes) is 1. The van der Waals surface area contributed by atoms with Crippen LogP contribution in [0, 0.1) is 0 Å². The Bertz CT molecular complexity index is 2340. The summed E-state index contributed by atoms with van der Waals surface area (Å²) in [6.45, 7) is 0.983. The topological polar surface area (TPSA) is 332 Å². The number of hydrogen-bond acceptors (Lipinski definition) is 14. The van der Waals surface area contributed by atoms with Gasteiger partial charge in [-0.1, -0.05) is 78.9 Å². The van der Waals surface area contributed by atoms with E-state index < -0.39 is 95.9 Å². The van der Waals surface area contributed by atoms with E-state index >= 15 is 0 Å². The minimum Gasteiger partial charge on any atom is -0.396 e. The Balaban J connectivity index is 1.60. The summed E-state index contributed by atoms with van der Waals surface area (Å²) in [5, 5.41) is 48.8. The Kier molecular flexibility index (Phi) is 24.3. The number of para-hydroxylation sites is 1. The molecule has 4 rings (SSSR count). The molecule has 15 N–H and O–H groups in total. The van der Waals surface area contributed by atoms with Gasteiger partial charge in [-0.3, -0.25) is 33.6 Å². The van der Waals surface area contributed by atoms with Crippen molar-refractivity contribution in [2.24, 2.45) is 11.5 Å². The maximum absolute atomic E-state index is 14.6. The van der Waals surface area contributed by atoms with Crippen molar-refractivity contribution in [2.45, 2.75) is 106 Å². The molecule has 7 amide bonds. The van der Waals surface area contributed by atoms with E-state index in [1.165, 1.54) is 6.92 Å². The zero-order chi connectivity index (χ0) is 51.9. The fraction of sp³-hybridized carbons (Fsp3) is 0.449. The third kappa shape index (κ3) is 18.6. The van der Waals surface area contributed by atoms with Crippen LogP contribution in [0.15, 0.2) is 91.1 Å². The Morgan fingerprint density at radius 3 is 1.69 bits per heavy atom. The normalized spacial score (nSPS) is 15.0. The van der Waals surface area contributed by atoms with Gasteiger partial charge in [-0.2, -0.15) is 25.3 Å². The van der Waals surface area contributed by atoms with Gasteiger partial charge < -0.3 is 69.0 Å². The van der Waals surface area contributed by atoms with Crippen LogP contribution < -0.4 is 48.7 Å². The zero-order valence-electron chi connectivity index (χ0n) is 39.6. The number of rotatable bonds is 30. The number of aliphatic hydroxyl groups excluding tert-OH is 3. The lowest BCUT2D eigenvalue weighted by molar-refractivity contribution is -0.136. The van der Waals surface area contributed by atoms with Crippen LogP contribution in [0.1, 0.15) is 49.3 Å². The molecule has 0 aliphatic carbocycles. The van der Waals surface area contributed by atoms with Crippen LogP contribution in [0.2, 0.25) is 0 Å². The molecule has 22 heteroatoms. The Labute approximate surface area is 423 Å². The molecule has 0 saturated heterocycles. The summed E-state index contributed by atoms with van der Waals surface area (Å²) < 4.78 is 0. The molecule has 1 heterocycles. The largest absolute Gasteiger partial charge is 0.396 e. The number of aromatic amines is 1. The molecule has 0 aliphatic rings. The Morgan fingerprint density at radius 2 is 1.10 bits per heavy atom. The molecule has 0 saturated carbocycles. The van der Waals surface area contributed by atoms with Gasteiger partial charge in [0.2, 0.25) is 41.4 Å². The van der Waals surface area contributed by atoms with E-state index in [-0.39, 0.29) is 63.3 Å². The highest BCUT2D eigenvalue weighted by atomic mass is 32.1. The molecule has 0 unspecified atom stereocenters. The van der Waals surface area contributed by atoms with Crippen LogP contribution in [0.3, 0.4) is 0 Å². The summed E-state index contributed by atoms with van der Waals surface area (Å²) in [5.41, 5.74) is 14.9. The van der Waals surface area contributed by atoms with Crippen molar-refractivity contribution in [1.29, 1.82) is 0 Å². The van der Waals surface area contributed by atoms with Crippen molar-refractivity contribution in [3.05, 3.63) is 108 Å². The molecule has 0 bridgehead atoms. The molecular formula is C49H68N10O10S2. The maximum Gasteiger partial charge on any atom is 0.245 e. The number of amides is 7. The lowest BCUT2D eigenvalue weighted by Gasteiger charge is -2.28. The van der Waals surface area contributed by atoms with Gasteiger partial charge in [0, 0.05) is 54.6 Å². The average molecular weight is 1020 g/mol. The highest BCUT2D eigenvalue weighted by molar-refractivity contribution is 7.80. The maximum atomic E-state index is 14.6. The molecule has 3 aromatic carbocycles. The van der Waals surface area contributed by atoms with Gasteiger partial charge in [0.15, 0.2) is 0 Å². The van der Waals surface area contributed by atoms with E-state index in [4.69, 9.17) is 16.6 Å². The number of carbonyl (C=O) groups excluding carboxylic acids is 7. The first kappa shape index (κ1) is 57.6. The monoisotopic (exact) mass is 1020 g/mol. The van der Waals surface area contributed by atoms with Crippen LogP contribution in [0.25, 0.3) is 10.9 Å². The van der Waals surface area contributed by atoms with Crippen molar-refractivity contribution in [3.63, 3.8) is 0 Å². The second kappa shape index (κ2) is 30.0. The Morgan fingerprint density at radius 1 is 0.592 bits per heavy atom. The summed E-state index contributed by atoms with van der Waals surface area (Å²) in [5.74, 6) is -5.78. The number of hydrogen-bond donors (Lipinski definition) is 15. The molecule has 71 heavy (non-hydrogen) atoms. The summed E-state index contributed by atoms with van der Waals surface area (Å²) >= 11 is 8.47. The third-order valence-electron chi connectivity index (χ3n) is 11.5. The SMILES string of the molecule is C[C@@H](O)[C@H](NC(=O)[C@H](CCCCN)NC(=O)[C@@H](Cc1c[nH]c2ccccc12)NC(=O)[C@@H](Cc1ccccc1)NC(=O)[C@@H](CS)NC(=O)[C@@H](N)Cc1ccccc1)C(=O)N[C@@H](CS)C(=O)NC[C@H](O)CCO. The second-order valence-electron chi connectivity index (χ2n) is 17.1. The fourth-order valence-electron chi connectivity index (χ4n) is 7.51. The zero-order valence-corrected chi connectivity index (χ0v) is 41.4. The van der Waals surface area contributed by atoms with Gasteiger partial charge in [-0.05, 0) is 68.3 Å². The summed E-state index contributed by atoms with van der Waals surface area (Å²) in [6.07, 6.45) is 0.0451. The Hall–Kier alpha value is -6.01. The lowest BCUT2D eigenvalue weighted by Crippen LogP contribution is -2.62. The molecule has 9 atom stereocenters. The van der Waals surface area contributed by atoms with Crippen molar-refractivity contribution >= 4 is 77.5 Å². The molecule has 386 valence electrons. The minimum atomic E-state index is -1.62. The fourth-order valence-corrected chi connectivity index (χ4v) is 8.02. The number of nitrogens with two attached hydrogens (primary N) is 2. The number of carbonyl (C=O) groups is 7. The van der Waals surface area contributed by atoms with E-state index in [1.807, 2.05) is 54.6 Å². The van der Waals surface area contributed by atoms with Crippen molar-refractivity contribution < 1.29 is 48.9 Å². The smallest absolute Gasteiger partial charge is 0.245 e. The van der Waals surface area contributed by atoms with E-state index in [2.05, 4.69) is 67.5 Å². The lowest BCUT2D eigenvalue weighted by atomic mass is 10.0. The number of aliphatic hydroxyl groups is 3. The van der Waals surface area contributed by atoms with Crippen LogP contribution in [0.5, 0.6) is 0 Å². The molecule has 1 aromatic heterocycles. The van der Waals surface area contributed by atoms with Gasteiger partial charge in [-0.25, -0.2) is 0 Å². The average Bonchev–Trinajstić information content (AvgIpc) is 3.77. The number of fused-ring (bicyclic) bond motifs is 1. The molecule has 0 aliphatic heterocycles. The number of benzene rings is 3. The van der Waals surface area contributed by atoms with Gasteiger partial charge >= 0.3 is 0 Å². The molecule has 0 fully saturated rings. The number of aromatic nitrogens is 1. The first-order valence-corrected chi connectivity index (χ1v) is 24.7. The molecule has 20 nitrogen and oxygen atoms in total. The molecule has 0 radical (unpaired) electrons. The van der Waals surface area contributed by atoms with Crippen LogP contribution in [-0.4, -0.2) is 147 Å². The van der Waals surface area contributed by atoms with Gasteiger partial charge in [-0.15, -0.1) is 0 Å². The van der Waals surface area contributed by atoms with Crippen molar-refractivity contribution in [3.8, 4) is 0 Å². The highest BCUT2D eigenvalue weighted by Crippen LogP contribution is 2.20. The third-order valence-corrected chi connectivity index (χ3v) is 12.3. The van der Waals surface area contributed by atoms with Crippen LogP contribution >= 0.6 is 25.3 Å².